The van der Waals surface area contributed by atoms with Crippen molar-refractivity contribution in [2.75, 3.05) is 0 Å². The highest BCUT2D eigenvalue weighted by Crippen LogP contribution is 2.35. The molecule has 0 saturated carbocycles. The van der Waals surface area contributed by atoms with Crippen molar-refractivity contribution in [3.8, 4) is 0 Å². The highest BCUT2D eigenvalue weighted by atomic mass is 79.9. The van der Waals surface area contributed by atoms with Crippen molar-refractivity contribution in [1.29, 1.82) is 0 Å². The number of aryl methyl sites for hydroxylation is 1. The summed E-state index contributed by atoms with van der Waals surface area (Å²) >= 11 is 3.33. The Morgan fingerprint density at radius 3 is 2.50 bits per heavy atom. The average molecular weight is 310 g/mol. The summed E-state index contributed by atoms with van der Waals surface area (Å²) in [6.07, 6.45) is 0.231. The van der Waals surface area contributed by atoms with E-state index < -0.39 is 6.10 Å². The molecule has 0 bridgehead atoms. The Bertz CT molecular complexity index is 493. The van der Waals surface area contributed by atoms with Crippen LogP contribution in [0.1, 0.15) is 36.6 Å². The lowest BCUT2D eigenvalue weighted by atomic mass is 9.89. The summed E-state index contributed by atoms with van der Waals surface area (Å²) < 4.78 is 2.22. The third-order valence-corrected chi connectivity index (χ3v) is 3.72. The zero-order valence-corrected chi connectivity index (χ0v) is 12.0. The van der Waals surface area contributed by atoms with Crippen LogP contribution < -0.4 is 0 Å². The van der Waals surface area contributed by atoms with Gasteiger partial charge in [-0.05, 0) is 27.9 Å². The average Bonchev–Trinajstić information content (AvgIpc) is 2.71. The lowest BCUT2D eigenvalue weighted by Gasteiger charge is -2.22. The molecule has 1 heterocycles. The van der Waals surface area contributed by atoms with Gasteiger partial charge in [0, 0.05) is 13.0 Å². The summed E-state index contributed by atoms with van der Waals surface area (Å²) in [6.45, 7) is 2.07. The van der Waals surface area contributed by atoms with E-state index >= 15 is 0 Å². The molecule has 2 atom stereocenters. The van der Waals surface area contributed by atoms with Crippen LogP contribution >= 0.6 is 15.9 Å². The molecule has 96 valence electrons. The van der Waals surface area contributed by atoms with E-state index in [1.165, 1.54) is 0 Å². The maximum atomic E-state index is 10.6. The van der Waals surface area contributed by atoms with E-state index in [9.17, 15) is 5.11 Å². The summed E-state index contributed by atoms with van der Waals surface area (Å²) in [5.74, 6) is 0.0414. The number of benzene rings is 1. The van der Waals surface area contributed by atoms with E-state index in [1.807, 2.05) is 30.3 Å². The minimum atomic E-state index is -0.619. The molecule has 5 heteroatoms. The van der Waals surface area contributed by atoms with E-state index in [0.717, 1.165) is 12.0 Å². The number of hydrogen-bond acceptors (Lipinski definition) is 3. The van der Waals surface area contributed by atoms with Gasteiger partial charge in [0.15, 0.2) is 4.60 Å². The number of aliphatic hydroxyl groups excluding tert-OH is 1. The van der Waals surface area contributed by atoms with Gasteiger partial charge >= 0.3 is 0 Å². The van der Waals surface area contributed by atoms with Gasteiger partial charge in [-0.2, -0.15) is 0 Å². The number of rotatable bonds is 4. The van der Waals surface area contributed by atoms with Crippen molar-refractivity contribution >= 4 is 15.9 Å². The molecule has 1 aromatic heterocycles. The van der Waals surface area contributed by atoms with E-state index in [1.54, 1.807) is 11.7 Å². The van der Waals surface area contributed by atoms with Crippen LogP contribution in [-0.2, 0) is 7.05 Å². The van der Waals surface area contributed by atoms with Crippen LogP contribution in [0.3, 0.4) is 0 Å². The first-order chi connectivity index (χ1) is 8.65. The van der Waals surface area contributed by atoms with Crippen LogP contribution in [0.2, 0.25) is 0 Å². The number of aromatic nitrogens is 3. The zero-order valence-electron chi connectivity index (χ0n) is 10.4. The van der Waals surface area contributed by atoms with Gasteiger partial charge in [0.25, 0.3) is 0 Å². The molecular formula is C13H16BrN3O. The second kappa shape index (κ2) is 5.63. The van der Waals surface area contributed by atoms with Crippen LogP contribution in [0, 0.1) is 0 Å². The zero-order chi connectivity index (χ0) is 13.1. The fourth-order valence-corrected chi connectivity index (χ4v) is 2.75. The molecule has 2 rings (SSSR count). The van der Waals surface area contributed by atoms with Gasteiger partial charge in [0.05, 0.1) is 0 Å². The van der Waals surface area contributed by atoms with Gasteiger partial charge in [-0.3, -0.25) is 0 Å². The van der Waals surface area contributed by atoms with Gasteiger partial charge in [-0.25, -0.2) is 4.68 Å². The predicted octanol–water partition coefficient (Wildman–Crippen LogP) is 2.80. The second-order valence-corrected chi connectivity index (χ2v) is 5.01. The molecule has 0 radical (unpaired) electrons. The van der Waals surface area contributed by atoms with Gasteiger partial charge in [0.1, 0.15) is 11.8 Å². The monoisotopic (exact) mass is 309 g/mol. The summed E-state index contributed by atoms with van der Waals surface area (Å²) in [5, 5.41) is 18.4. The summed E-state index contributed by atoms with van der Waals surface area (Å²) in [4.78, 5) is 0. The maximum Gasteiger partial charge on any atom is 0.154 e. The number of hydrogen-bond donors (Lipinski definition) is 1. The van der Waals surface area contributed by atoms with Crippen LogP contribution in [0.4, 0.5) is 0 Å². The number of nitrogens with zero attached hydrogens (tertiary/aromatic N) is 3. The van der Waals surface area contributed by atoms with Crippen molar-refractivity contribution in [2.24, 2.45) is 7.05 Å². The number of aliphatic hydroxyl groups is 1. The molecule has 0 aliphatic carbocycles. The van der Waals surface area contributed by atoms with Crippen LogP contribution in [0.15, 0.2) is 34.9 Å². The molecule has 1 N–H and O–H groups in total. The Morgan fingerprint density at radius 2 is 2.00 bits per heavy atom. The molecule has 4 nitrogen and oxygen atoms in total. The van der Waals surface area contributed by atoms with Gasteiger partial charge in [-0.15, -0.1) is 5.10 Å². The molecule has 2 unspecified atom stereocenters. The van der Waals surface area contributed by atoms with Crippen molar-refractivity contribution in [3.63, 3.8) is 0 Å². The Kier molecular flexibility index (Phi) is 4.14. The van der Waals surface area contributed by atoms with E-state index in [0.29, 0.717) is 10.3 Å². The highest BCUT2D eigenvalue weighted by molar-refractivity contribution is 9.10. The topological polar surface area (TPSA) is 50.9 Å². The Morgan fingerprint density at radius 1 is 1.33 bits per heavy atom. The predicted molar refractivity (Wildman–Crippen MR) is 73.1 cm³/mol. The largest absolute Gasteiger partial charge is 0.386 e. The molecule has 0 saturated heterocycles. The van der Waals surface area contributed by atoms with E-state index in [2.05, 4.69) is 33.2 Å². The fourth-order valence-electron chi connectivity index (χ4n) is 2.18. The molecule has 0 spiro atoms. The van der Waals surface area contributed by atoms with Crippen LogP contribution in [0.5, 0.6) is 0 Å². The molecular weight excluding hydrogens is 294 g/mol. The summed E-state index contributed by atoms with van der Waals surface area (Å²) in [7, 11) is 1.79. The Balaban J connectivity index is 2.34. The second-order valence-electron chi connectivity index (χ2n) is 4.26. The van der Waals surface area contributed by atoms with Crippen molar-refractivity contribution in [3.05, 3.63) is 46.2 Å². The molecule has 0 fully saturated rings. The first-order valence-corrected chi connectivity index (χ1v) is 6.72. The molecule has 0 amide bonds. The minimum absolute atomic E-state index is 0.0414. The highest BCUT2D eigenvalue weighted by Gasteiger charge is 2.26. The van der Waals surface area contributed by atoms with Gasteiger partial charge < -0.3 is 5.11 Å². The maximum absolute atomic E-state index is 10.6. The van der Waals surface area contributed by atoms with E-state index in [4.69, 9.17) is 0 Å². The molecule has 18 heavy (non-hydrogen) atoms. The SMILES string of the molecule is CCC(c1ccccc1)C(O)c1c(Br)nnn1C. The van der Waals surface area contributed by atoms with Gasteiger partial charge in [-0.1, -0.05) is 42.5 Å². The first-order valence-electron chi connectivity index (χ1n) is 5.93. The molecule has 1 aromatic carbocycles. The number of halogens is 1. The van der Waals surface area contributed by atoms with Crippen molar-refractivity contribution in [2.45, 2.75) is 25.4 Å². The van der Waals surface area contributed by atoms with Crippen molar-refractivity contribution < 1.29 is 5.11 Å². The summed E-state index contributed by atoms with van der Waals surface area (Å²) in [6, 6.07) is 10.0. The lowest BCUT2D eigenvalue weighted by molar-refractivity contribution is 0.133. The van der Waals surface area contributed by atoms with E-state index in [-0.39, 0.29) is 5.92 Å². The quantitative estimate of drug-likeness (QED) is 0.945. The third kappa shape index (κ3) is 2.47. The lowest BCUT2D eigenvalue weighted by Crippen LogP contribution is -2.14. The molecule has 0 aliphatic heterocycles. The molecule has 0 aliphatic rings. The Labute approximate surface area is 115 Å². The van der Waals surface area contributed by atoms with Gasteiger partial charge in [0.2, 0.25) is 0 Å². The fraction of sp³-hybridized carbons (Fsp3) is 0.385. The first kappa shape index (κ1) is 13.2. The van der Waals surface area contributed by atoms with Crippen LogP contribution in [0.25, 0.3) is 0 Å². The Hall–Kier alpha value is -1.20. The normalized spacial score (nSPS) is 14.4. The molecule has 2 aromatic rings. The summed E-state index contributed by atoms with van der Waals surface area (Å²) in [5.41, 5.74) is 1.84. The standard InChI is InChI=1S/C13H16BrN3O/c1-3-10(9-7-5-4-6-8-9)12(18)11-13(14)15-16-17(11)2/h4-8,10,12,18H,3H2,1-2H3. The smallest absolute Gasteiger partial charge is 0.154 e. The third-order valence-electron chi connectivity index (χ3n) is 3.16. The van der Waals surface area contributed by atoms with Crippen LogP contribution in [-0.4, -0.2) is 20.1 Å². The minimum Gasteiger partial charge on any atom is -0.386 e. The van der Waals surface area contributed by atoms with Crippen molar-refractivity contribution in [1.82, 2.24) is 15.0 Å².